The van der Waals surface area contributed by atoms with Gasteiger partial charge in [-0.2, -0.15) is 9.61 Å². The van der Waals surface area contributed by atoms with Gasteiger partial charge in [0.15, 0.2) is 17.1 Å². The zero-order valence-electron chi connectivity index (χ0n) is 17.7. The number of nitrogens with zero attached hydrogens (tertiary/aromatic N) is 4. The van der Waals surface area contributed by atoms with Gasteiger partial charge in [0.25, 0.3) is 0 Å². The van der Waals surface area contributed by atoms with Crippen molar-refractivity contribution >= 4 is 11.5 Å². The topological polar surface area (TPSA) is 77.9 Å². The third kappa shape index (κ3) is 3.81. The van der Waals surface area contributed by atoms with Crippen LogP contribution in [0.5, 0.6) is 11.5 Å². The highest BCUT2D eigenvalue weighted by molar-refractivity contribution is 5.49. The molecule has 0 radical (unpaired) electrons. The summed E-state index contributed by atoms with van der Waals surface area (Å²) in [7, 11) is 0. The van der Waals surface area contributed by atoms with Crippen molar-refractivity contribution in [3.05, 3.63) is 47.3 Å². The van der Waals surface area contributed by atoms with Crippen molar-refractivity contribution in [2.24, 2.45) is 5.92 Å². The lowest BCUT2D eigenvalue weighted by Crippen LogP contribution is -2.38. The molecule has 2 N–H and O–H groups in total. The van der Waals surface area contributed by atoms with Gasteiger partial charge in [-0.05, 0) is 56.3 Å². The predicted octanol–water partition coefficient (Wildman–Crippen LogP) is 3.41. The van der Waals surface area contributed by atoms with Crippen LogP contribution in [-0.4, -0.2) is 45.9 Å². The van der Waals surface area contributed by atoms with Gasteiger partial charge in [-0.25, -0.2) is 4.98 Å². The normalized spacial score (nSPS) is 20.0. The number of nitrogen functional groups attached to an aromatic ring is 1. The second-order valence-electron chi connectivity index (χ2n) is 8.76. The number of benzene rings is 1. The summed E-state index contributed by atoms with van der Waals surface area (Å²) in [4.78, 5) is 7.44. The van der Waals surface area contributed by atoms with Crippen LogP contribution in [0.2, 0.25) is 0 Å². The minimum Gasteiger partial charge on any atom is -0.454 e. The number of fused-ring (bicyclic) bond motifs is 2. The number of aryl methyl sites for hydroxylation is 1. The number of nitrogens with two attached hydrogens (primary N) is 1. The first kappa shape index (κ1) is 19.2. The van der Waals surface area contributed by atoms with E-state index in [0.717, 1.165) is 61.0 Å². The summed E-state index contributed by atoms with van der Waals surface area (Å²) in [5, 5.41) is 4.42. The van der Waals surface area contributed by atoms with Gasteiger partial charge < -0.3 is 20.1 Å². The summed E-state index contributed by atoms with van der Waals surface area (Å²) in [5.41, 5.74) is 10.4. The molecule has 2 aliphatic rings. The summed E-state index contributed by atoms with van der Waals surface area (Å²) in [6.07, 6.45) is 3.37. The maximum absolute atomic E-state index is 6.24. The van der Waals surface area contributed by atoms with Crippen molar-refractivity contribution in [1.29, 1.82) is 0 Å². The van der Waals surface area contributed by atoms with Gasteiger partial charge in [0.05, 0.1) is 11.4 Å². The van der Waals surface area contributed by atoms with E-state index >= 15 is 0 Å². The van der Waals surface area contributed by atoms with Gasteiger partial charge in [-0.3, -0.25) is 0 Å². The Morgan fingerprint density at radius 1 is 1.20 bits per heavy atom. The Balaban J connectivity index is 1.24. The second-order valence-corrected chi connectivity index (χ2v) is 8.76. The Morgan fingerprint density at radius 3 is 2.97 bits per heavy atom. The zero-order chi connectivity index (χ0) is 20.7. The fourth-order valence-electron chi connectivity index (χ4n) is 4.78. The van der Waals surface area contributed by atoms with Crippen molar-refractivity contribution in [3.63, 3.8) is 0 Å². The number of rotatable bonds is 5. The second kappa shape index (κ2) is 7.80. The van der Waals surface area contributed by atoms with Gasteiger partial charge in [-0.1, -0.05) is 13.0 Å². The van der Waals surface area contributed by atoms with E-state index in [1.165, 1.54) is 12.0 Å². The van der Waals surface area contributed by atoms with Gasteiger partial charge in [0.2, 0.25) is 6.79 Å². The molecule has 0 saturated carbocycles. The number of likely N-dealkylation sites (tertiary alicyclic amines) is 1. The van der Waals surface area contributed by atoms with Crippen molar-refractivity contribution < 1.29 is 9.47 Å². The maximum atomic E-state index is 6.24. The molecule has 0 amide bonds. The Bertz CT molecular complexity index is 1060. The Labute approximate surface area is 176 Å². The van der Waals surface area contributed by atoms with Crippen LogP contribution in [-0.2, 0) is 6.42 Å². The molecule has 158 valence electrons. The molecular weight excluding hydrogens is 378 g/mol. The predicted molar refractivity (Wildman–Crippen MR) is 116 cm³/mol. The molecular formula is C23H29N5O2. The summed E-state index contributed by atoms with van der Waals surface area (Å²) in [6, 6.07) is 10.3. The highest BCUT2D eigenvalue weighted by Crippen LogP contribution is 2.33. The molecule has 3 aromatic rings. The molecule has 2 aliphatic heterocycles. The largest absolute Gasteiger partial charge is 0.454 e. The molecule has 5 rings (SSSR count). The standard InChI is InChI=1S/C23H29N5O2/c1-15(8-17-5-6-20-21(10-17)30-14-29-20)12-27-7-3-4-18(13-27)19-11-22(24)28-23(25-19)9-16(2)26-28/h5-6,9-11,15,18H,3-4,7-8,12-14,24H2,1-2H3/t15-,18+/m0/s1. The third-order valence-electron chi connectivity index (χ3n) is 6.11. The van der Waals surface area contributed by atoms with E-state index in [1.807, 2.05) is 25.1 Å². The smallest absolute Gasteiger partial charge is 0.231 e. The fourth-order valence-corrected chi connectivity index (χ4v) is 4.78. The molecule has 4 heterocycles. The number of hydrogen-bond donors (Lipinski definition) is 1. The molecule has 7 nitrogen and oxygen atoms in total. The molecule has 7 heteroatoms. The van der Waals surface area contributed by atoms with E-state index in [-0.39, 0.29) is 0 Å². The Hall–Kier alpha value is -2.80. The van der Waals surface area contributed by atoms with Crippen molar-refractivity contribution in [3.8, 4) is 11.5 Å². The molecule has 0 unspecified atom stereocenters. The maximum Gasteiger partial charge on any atom is 0.231 e. The summed E-state index contributed by atoms with van der Waals surface area (Å²) < 4.78 is 12.7. The van der Waals surface area contributed by atoms with Gasteiger partial charge in [0, 0.05) is 31.1 Å². The summed E-state index contributed by atoms with van der Waals surface area (Å²) >= 11 is 0. The molecule has 1 aromatic carbocycles. The van der Waals surface area contributed by atoms with Gasteiger partial charge in [0.1, 0.15) is 5.82 Å². The molecule has 2 atom stereocenters. The van der Waals surface area contributed by atoms with E-state index in [4.69, 9.17) is 20.2 Å². The van der Waals surface area contributed by atoms with E-state index < -0.39 is 0 Å². The summed E-state index contributed by atoms with van der Waals surface area (Å²) in [6.45, 7) is 7.87. The average molecular weight is 408 g/mol. The first-order valence-corrected chi connectivity index (χ1v) is 10.8. The SMILES string of the molecule is Cc1cc2nc([C@@H]3CCCN(C[C@@H](C)Cc4ccc5c(c4)OCO5)C3)cc(N)n2n1. The highest BCUT2D eigenvalue weighted by Gasteiger charge is 2.25. The van der Waals surface area contributed by atoms with E-state index in [2.05, 4.69) is 29.1 Å². The molecule has 0 spiro atoms. The number of aromatic nitrogens is 3. The van der Waals surface area contributed by atoms with Crippen LogP contribution in [0.1, 0.15) is 42.6 Å². The third-order valence-corrected chi connectivity index (χ3v) is 6.11. The van der Waals surface area contributed by atoms with Crippen LogP contribution < -0.4 is 15.2 Å². The van der Waals surface area contributed by atoms with Crippen LogP contribution in [0.3, 0.4) is 0 Å². The van der Waals surface area contributed by atoms with Crippen LogP contribution >= 0.6 is 0 Å². The van der Waals surface area contributed by atoms with Crippen molar-refractivity contribution in [1.82, 2.24) is 19.5 Å². The molecule has 1 saturated heterocycles. The van der Waals surface area contributed by atoms with Gasteiger partial charge in [-0.15, -0.1) is 0 Å². The molecule has 0 bridgehead atoms. The van der Waals surface area contributed by atoms with E-state index in [1.54, 1.807) is 4.52 Å². The first-order valence-electron chi connectivity index (χ1n) is 10.8. The number of ether oxygens (including phenoxy) is 2. The molecule has 2 aromatic heterocycles. The minimum absolute atomic E-state index is 0.326. The summed E-state index contributed by atoms with van der Waals surface area (Å²) in [5.74, 6) is 3.35. The van der Waals surface area contributed by atoms with E-state index in [0.29, 0.717) is 24.4 Å². The lowest BCUT2D eigenvalue weighted by Gasteiger charge is -2.34. The minimum atomic E-state index is 0.326. The Kier molecular flexibility index (Phi) is 4.98. The average Bonchev–Trinajstić information content (AvgIpc) is 3.33. The number of piperidine rings is 1. The molecule has 0 aliphatic carbocycles. The van der Waals surface area contributed by atoms with Crippen LogP contribution in [0.25, 0.3) is 5.65 Å². The van der Waals surface area contributed by atoms with Gasteiger partial charge >= 0.3 is 0 Å². The van der Waals surface area contributed by atoms with Crippen molar-refractivity contribution in [2.75, 3.05) is 32.2 Å². The highest BCUT2D eigenvalue weighted by atomic mass is 16.7. The fraction of sp³-hybridized carbons (Fsp3) is 0.478. The molecule has 1 fully saturated rings. The molecule has 30 heavy (non-hydrogen) atoms. The first-order chi connectivity index (χ1) is 14.5. The quantitative estimate of drug-likeness (QED) is 0.698. The van der Waals surface area contributed by atoms with E-state index in [9.17, 15) is 0 Å². The van der Waals surface area contributed by atoms with Crippen LogP contribution in [0, 0.1) is 12.8 Å². The van der Waals surface area contributed by atoms with Crippen LogP contribution in [0.15, 0.2) is 30.3 Å². The Morgan fingerprint density at radius 2 is 2.07 bits per heavy atom. The van der Waals surface area contributed by atoms with Crippen molar-refractivity contribution in [2.45, 2.75) is 39.0 Å². The van der Waals surface area contributed by atoms with Crippen LogP contribution in [0.4, 0.5) is 5.82 Å². The number of anilines is 1. The zero-order valence-corrected chi connectivity index (χ0v) is 17.7. The lowest BCUT2D eigenvalue weighted by atomic mass is 9.92. The lowest BCUT2D eigenvalue weighted by molar-refractivity contribution is 0.174. The number of hydrogen-bond acceptors (Lipinski definition) is 6. The monoisotopic (exact) mass is 407 g/mol.